The van der Waals surface area contributed by atoms with E-state index in [4.69, 9.17) is 10.5 Å². The number of amides is 4. The summed E-state index contributed by atoms with van der Waals surface area (Å²) >= 11 is 3.16. The molecule has 4 aliphatic rings. The van der Waals surface area contributed by atoms with Gasteiger partial charge in [-0.25, -0.2) is 4.79 Å². The highest BCUT2D eigenvalue weighted by molar-refractivity contribution is 9.12. The van der Waals surface area contributed by atoms with Crippen LogP contribution in [0.5, 0.6) is 11.5 Å². The van der Waals surface area contributed by atoms with Crippen LogP contribution in [0.1, 0.15) is 31.2 Å². The molecule has 3 N–H and O–H groups in total. The number of fused-ring (bicyclic) bond motifs is 3. The highest BCUT2D eigenvalue weighted by atomic mass is 79.9. The van der Waals surface area contributed by atoms with Gasteiger partial charge in [-0.15, -0.1) is 0 Å². The van der Waals surface area contributed by atoms with Crippen molar-refractivity contribution < 1.29 is 33.8 Å². The highest BCUT2D eigenvalue weighted by Crippen LogP contribution is 2.56. The van der Waals surface area contributed by atoms with E-state index < -0.39 is 47.3 Å². The number of carbonyl (C=O) groups excluding carboxylic acids is 5. The van der Waals surface area contributed by atoms with Gasteiger partial charge in [0.2, 0.25) is 11.8 Å². The number of likely N-dealkylation sites (tertiary alicyclic amines) is 1. The Morgan fingerprint density at radius 3 is 2.63 bits per heavy atom. The monoisotopic (exact) mass is 540 g/mol. The molecule has 1 aliphatic heterocycles. The molecule has 0 aromatic heterocycles. The maximum Gasteiger partial charge on any atom is 0.328 e. The number of ketones is 2. The number of nitrogens with zero attached hydrogens (tertiary/aromatic N) is 1. The van der Waals surface area contributed by atoms with Gasteiger partial charge < -0.3 is 15.6 Å². The molecule has 1 saturated heterocycles. The van der Waals surface area contributed by atoms with Gasteiger partial charge in [0.05, 0.1) is 22.9 Å². The molecule has 35 heavy (non-hydrogen) atoms. The fraction of sp³-hybridized carbons (Fsp3) is 0.320. The normalized spacial score (nSPS) is 27.8. The number of para-hydroxylation sites is 1. The number of phenolic OH excluding ortho intramolecular Hbond substituents is 1. The minimum atomic E-state index is -1.14. The SMILES string of the molecule is CCOc1cccc([C@H]2C3=CC[C@@H]4C(=O)N(C(N)=O)C(=O)[C@@H]4[C@@H]3CC3=C2C(=O)C=C(Br)C3=O)c1O. The average molecular weight is 541 g/mol. The lowest BCUT2D eigenvalue weighted by Gasteiger charge is -2.42. The molecule has 3 aliphatic carbocycles. The summed E-state index contributed by atoms with van der Waals surface area (Å²) < 4.78 is 5.63. The minimum Gasteiger partial charge on any atom is -0.504 e. The fourth-order valence-electron chi connectivity index (χ4n) is 5.82. The van der Waals surface area contributed by atoms with Crippen LogP contribution in [0.3, 0.4) is 0 Å². The summed E-state index contributed by atoms with van der Waals surface area (Å²) in [7, 11) is 0. The maximum absolute atomic E-state index is 13.2. The van der Waals surface area contributed by atoms with Crippen LogP contribution >= 0.6 is 15.9 Å². The molecular weight excluding hydrogens is 520 g/mol. The molecule has 0 saturated carbocycles. The van der Waals surface area contributed by atoms with Crippen molar-refractivity contribution >= 4 is 45.3 Å². The van der Waals surface area contributed by atoms with Gasteiger partial charge in [-0.2, -0.15) is 4.90 Å². The largest absolute Gasteiger partial charge is 0.504 e. The van der Waals surface area contributed by atoms with Crippen LogP contribution in [0.2, 0.25) is 0 Å². The van der Waals surface area contributed by atoms with Gasteiger partial charge in [-0.1, -0.05) is 23.8 Å². The van der Waals surface area contributed by atoms with E-state index in [1.54, 1.807) is 31.2 Å². The zero-order chi connectivity index (χ0) is 25.2. The number of carbonyl (C=O) groups is 5. The van der Waals surface area contributed by atoms with Gasteiger partial charge in [0.15, 0.2) is 23.1 Å². The Balaban J connectivity index is 1.71. The first kappa shape index (κ1) is 23.2. The lowest BCUT2D eigenvalue weighted by atomic mass is 9.59. The molecule has 1 fully saturated rings. The number of allylic oxidation sites excluding steroid dienone is 6. The summed E-state index contributed by atoms with van der Waals surface area (Å²) in [5.41, 5.74) is 6.76. The number of urea groups is 1. The zero-order valence-corrected chi connectivity index (χ0v) is 20.2. The second-order valence-corrected chi connectivity index (χ2v) is 9.73. The van der Waals surface area contributed by atoms with Crippen LogP contribution in [-0.4, -0.2) is 46.0 Å². The van der Waals surface area contributed by atoms with Crippen LogP contribution in [0.25, 0.3) is 0 Å². The first-order valence-electron chi connectivity index (χ1n) is 11.2. The van der Waals surface area contributed by atoms with Crippen molar-refractivity contribution in [1.29, 1.82) is 0 Å². The van der Waals surface area contributed by atoms with Crippen molar-refractivity contribution in [1.82, 2.24) is 4.90 Å². The summed E-state index contributed by atoms with van der Waals surface area (Å²) in [4.78, 5) is 64.7. The van der Waals surface area contributed by atoms with E-state index in [0.29, 0.717) is 22.6 Å². The average Bonchev–Trinajstić information content (AvgIpc) is 3.08. The van der Waals surface area contributed by atoms with E-state index in [-0.39, 0.29) is 45.8 Å². The van der Waals surface area contributed by atoms with E-state index in [2.05, 4.69) is 15.9 Å². The quantitative estimate of drug-likeness (QED) is 0.340. The third-order valence-electron chi connectivity index (χ3n) is 7.19. The van der Waals surface area contributed by atoms with Crippen LogP contribution in [0.4, 0.5) is 4.79 Å². The Bertz CT molecular complexity index is 1320. The number of hydrogen-bond donors (Lipinski definition) is 2. The zero-order valence-electron chi connectivity index (χ0n) is 18.6. The number of imide groups is 3. The third kappa shape index (κ3) is 3.30. The number of primary amides is 1. The molecule has 9 nitrogen and oxygen atoms in total. The number of nitrogens with two attached hydrogens (primary N) is 1. The molecule has 10 heteroatoms. The molecule has 0 radical (unpaired) electrons. The van der Waals surface area contributed by atoms with E-state index in [0.717, 1.165) is 0 Å². The number of rotatable bonds is 3. The van der Waals surface area contributed by atoms with E-state index >= 15 is 0 Å². The summed E-state index contributed by atoms with van der Waals surface area (Å²) in [6.07, 6.45) is 3.21. The number of hydrogen-bond acceptors (Lipinski definition) is 7. The minimum absolute atomic E-state index is 0.0455. The molecule has 0 bridgehead atoms. The summed E-state index contributed by atoms with van der Waals surface area (Å²) in [5.74, 6) is -5.25. The molecule has 0 unspecified atom stereocenters. The van der Waals surface area contributed by atoms with Crippen LogP contribution in [0, 0.1) is 17.8 Å². The lowest BCUT2D eigenvalue weighted by molar-refractivity contribution is -0.136. The fourth-order valence-corrected chi connectivity index (χ4v) is 6.27. The molecule has 4 amide bonds. The maximum atomic E-state index is 13.2. The van der Waals surface area contributed by atoms with Gasteiger partial charge in [-0.3, -0.25) is 19.2 Å². The first-order chi connectivity index (χ1) is 16.7. The number of aromatic hydroxyl groups is 1. The highest BCUT2D eigenvalue weighted by Gasteiger charge is 2.57. The molecule has 5 rings (SSSR count). The topological polar surface area (TPSA) is 144 Å². The van der Waals surface area contributed by atoms with Crippen molar-refractivity contribution in [3.05, 3.63) is 57.1 Å². The van der Waals surface area contributed by atoms with Crippen molar-refractivity contribution in [3.8, 4) is 11.5 Å². The van der Waals surface area contributed by atoms with Gasteiger partial charge in [0.1, 0.15) is 0 Å². The van der Waals surface area contributed by atoms with E-state index in [1.807, 2.05) is 0 Å². The molecule has 1 heterocycles. The molecule has 0 spiro atoms. The Kier molecular flexibility index (Phi) is 5.51. The standard InChI is InChI=1S/C25H21BrN2O7/c1-2-35-17-5-3-4-11(22(17)31)18-10-6-7-12-19(24(33)28(23(12)32)25(27)34)13(10)8-14-20(18)16(29)9-15(26)21(14)30/h3-6,9,12-13,18-19,31H,2,7-8H2,1H3,(H2,27,34)/t12-,13+,18+,19-/m0/s1. The number of benzene rings is 1. The number of ether oxygens (including phenoxy) is 1. The van der Waals surface area contributed by atoms with Crippen LogP contribution in [0.15, 0.2) is 51.6 Å². The number of phenols is 1. The van der Waals surface area contributed by atoms with E-state index in [9.17, 15) is 29.1 Å². The predicted octanol–water partition coefficient (Wildman–Crippen LogP) is 2.63. The lowest BCUT2D eigenvalue weighted by Crippen LogP contribution is -2.42. The van der Waals surface area contributed by atoms with E-state index in [1.165, 1.54) is 6.08 Å². The van der Waals surface area contributed by atoms with Gasteiger partial charge in [-0.05, 0) is 47.7 Å². The molecular formula is C25H21BrN2O7. The second kappa shape index (κ2) is 8.30. The predicted molar refractivity (Wildman–Crippen MR) is 125 cm³/mol. The molecule has 1 aromatic rings. The molecule has 4 atom stereocenters. The van der Waals surface area contributed by atoms with Crippen molar-refractivity contribution in [2.45, 2.75) is 25.7 Å². The Morgan fingerprint density at radius 1 is 1.20 bits per heavy atom. The first-order valence-corrected chi connectivity index (χ1v) is 12.0. The Morgan fingerprint density at radius 2 is 1.94 bits per heavy atom. The summed E-state index contributed by atoms with van der Waals surface area (Å²) in [6.45, 7) is 2.07. The Hall–Kier alpha value is -3.53. The molecule has 1 aromatic carbocycles. The van der Waals surface area contributed by atoms with Gasteiger partial charge >= 0.3 is 6.03 Å². The smallest absolute Gasteiger partial charge is 0.328 e. The Labute approximate surface area is 208 Å². The number of Topliss-reactive ketones (excluding diaryl/α,β-unsaturated/α-hetero) is 1. The molecule has 180 valence electrons. The third-order valence-corrected chi connectivity index (χ3v) is 7.78. The van der Waals surface area contributed by atoms with Crippen molar-refractivity contribution in [2.75, 3.05) is 6.61 Å². The summed E-state index contributed by atoms with van der Waals surface area (Å²) in [6, 6.07) is 3.78. The van der Waals surface area contributed by atoms with Gasteiger partial charge in [0, 0.05) is 28.7 Å². The van der Waals surface area contributed by atoms with Crippen LogP contribution < -0.4 is 10.5 Å². The summed E-state index contributed by atoms with van der Waals surface area (Å²) in [5, 5.41) is 11.1. The van der Waals surface area contributed by atoms with Gasteiger partial charge in [0.25, 0.3) is 0 Å². The second-order valence-electron chi connectivity index (χ2n) is 8.87. The number of halogens is 1. The van der Waals surface area contributed by atoms with Crippen molar-refractivity contribution in [2.24, 2.45) is 23.5 Å². The van der Waals surface area contributed by atoms with Crippen molar-refractivity contribution in [3.63, 3.8) is 0 Å². The van der Waals surface area contributed by atoms with Crippen LogP contribution in [-0.2, 0) is 19.2 Å².